The van der Waals surface area contributed by atoms with Crippen LogP contribution in [0.25, 0.3) is 0 Å². The van der Waals surface area contributed by atoms with Gasteiger partial charge in [0.05, 0.1) is 11.3 Å². The number of carbonyl (C=O) groups is 1. The number of thiazole rings is 1. The van der Waals surface area contributed by atoms with Crippen LogP contribution in [-0.4, -0.2) is 27.6 Å². The van der Waals surface area contributed by atoms with Crippen LogP contribution in [-0.2, 0) is 17.6 Å². The standard InChI is InChI=1S/C12H19N3O2S/c1-12(2,17)9(13)10(16)15-11-14-7-5-3-4-6-8(7)18-11/h9,17H,3-6,13H2,1-2H3,(H,14,15,16)/t9-/m1/s1. The van der Waals surface area contributed by atoms with Crippen LogP contribution in [0.1, 0.15) is 37.3 Å². The highest BCUT2D eigenvalue weighted by Gasteiger charge is 2.30. The Balaban J connectivity index is 2.05. The normalized spacial score (nSPS) is 17.1. The molecule has 0 saturated carbocycles. The lowest BCUT2D eigenvalue weighted by atomic mass is 9.99. The molecule has 0 aliphatic heterocycles. The van der Waals surface area contributed by atoms with Crippen molar-refractivity contribution in [1.29, 1.82) is 0 Å². The van der Waals surface area contributed by atoms with Crippen LogP contribution >= 0.6 is 11.3 Å². The minimum atomic E-state index is -1.24. The molecule has 18 heavy (non-hydrogen) atoms. The Kier molecular flexibility index (Phi) is 3.70. The van der Waals surface area contributed by atoms with Gasteiger partial charge in [-0.3, -0.25) is 4.79 Å². The summed E-state index contributed by atoms with van der Waals surface area (Å²) in [5, 5.41) is 13.0. The zero-order valence-electron chi connectivity index (χ0n) is 10.7. The number of aryl methyl sites for hydroxylation is 2. The first kappa shape index (κ1) is 13.5. The van der Waals surface area contributed by atoms with Gasteiger partial charge in [0.1, 0.15) is 6.04 Å². The highest BCUT2D eigenvalue weighted by atomic mass is 32.1. The average molecular weight is 269 g/mol. The van der Waals surface area contributed by atoms with Crippen LogP contribution in [0.15, 0.2) is 0 Å². The summed E-state index contributed by atoms with van der Waals surface area (Å²) in [6.07, 6.45) is 4.37. The predicted octanol–water partition coefficient (Wildman–Crippen LogP) is 1.06. The van der Waals surface area contributed by atoms with Gasteiger partial charge in [0, 0.05) is 4.88 Å². The fourth-order valence-electron chi connectivity index (χ4n) is 1.91. The van der Waals surface area contributed by atoms with Crippen molar-refractivity contribution in [3.8, 4) is 0 Å². The quantitative estimate of drug-likeness (QED) is 0.765. The summed E-state index contributed by atoms with van der Waals surface area (Å²) in [7, 11) is 0. The topological polar surface area (TPSA) is 88.2 Å². The SMILES string of the molecule is CC(C)(O)[C@H](N)C(=O)Nc1nc2c(s1)CCCC2. The molecule has 1 aromatic heterocycles. The van der Waals surface area contributed by atoms with Crippen LogP contribution in [0.3, 0.4) is 0 Å². The summed E-state index contributed by atoms with van der Waals surface area (Å²) >= 11 is 1.51. The maximum atomic E-state index is 11.8. The molecule has 1 heterocycles. The van der Waals surface area contributed by atoms with Gasteiger partial charge in [-0.1, -0.05) is 0 Å². The van der Waals surface area contributed by atoms with Gasteiger partial charge in [0.2, 0.25) is 5.91 Å². The van der Waals surface area contributed by atoms with Crippen molar-refractivity contribution < 1.29 is 9.90 Å². The van der Waals surface area contributed by atoms with E-state index in [1.165, 1.54) is 36.5 Å². The van der Waals surface area contributed by atoms with Gasteiger partial charge < -0.3 is 16.2 Å². The lowest BCUT2D eigenvalue weighted by Crippen LogP contribution is -2.51. The Bertz CT molecular complexity index is 427. The monoisotopic (exact) mass is 269 g/mol. The number of anilines is 1. The minimum Gasteiger partial charge on any atom is -0.388 e. The van der Waals surface area contributed by atoms with Crippen LogP contribution in [0.4, 0.5) is 5.13 Å². The number of hydrogen-bond donors (Lipinski definition) is 3. The van der Waals surface area contributed by atoms with E-state index in [9.17, 15) is 9.90 Å². The van der Waals surface area contributed by atoms with E-state index < -0.39 is 17.6 Å². The van der Waals surface area contributed by atoms with Gasteiger partial charge in [0.15, 0.2) is 5.13 Å². The van der Waals surface area contributed by atoms with Crippen LogP contribution in [0.5, 0.6) is 0 Å². The van der Waals surface area contributed by atoms with E-state index in [0.717, 1.165) is 25.0 Å². The third-order valence-corrected chi connectivity index (χ3v) is 4.19. The Hall–Kier alpha value is -0.980. The molecule has 100 valence electrons. The molecule has 0 unspecified atom stereocenters. The summed E-state index contributed by atoms with van der Waals surface area (Å²) in [5.74, 6) is -0.395. The summed E-state index contributed by atoms with van der Waals surface area (Å²) in [6, 6.07) is -0.960. The second-order valence-corrected chi connectivity index (χ2v) is 6.30. The predicted molar refractivity (Wildman–Crippen MR) is 71.7 cm³/mol. The highest BCUT2D eigenvalue weighted by molar-refractivity contribution is 7.15. The number of aromatic nitrogens is 1. The number of amides is 1. The molecular weight excluding hydrogens is 250 g/mol. The average Bonchev–Trinajstić information content (AvgIpc) is 2.68. The molecule has 1 amide bonds. The zero-order valence-corrected chi connectivity index (χ0v) is 11.5. The van der Waals surface area contributed by atoms with Gasteiger partial charge in [-0.2, -0.15) is 0 Å². The fourth-order valence-corrected chi connectivity index (χ4v) is 2.96. The summed E-state index contributed by atoms with van der Waals surface area (Å²) in [6.45, 7) is 3.04. The molecule has 0 radical (unpaired) electrons. The summed E-state index contributed by atoms with van der Waals surface area (Å²) in [4.78, 5) is 17.5. The van der Waals surface area contributed by atoms with E-state index in [-0.39, 0.29) is 0 Å². The van der Waals surface area contributed by atoms with Crippen molar-refractivity contribution in [1.82, 2.24) is 4.98 Å². The number of hydrogen-bond acceptors (Lipinski definition) is 5. The first-order valence-electron chi connectivity index (χ1n) is 6.15. The van der Waals surface area contributed by atoms with E-state index in [1.54, 1.807) is 0 Å². The van der Waals surface area contributed by atoms with Crippen molar-refractivity contribution in [2.24, 2.45) is 5.73 Å². The van der Waals surface area contributed by atoms with Crippen molar-refractivity contribution in [3.63, 3.8) is 0 Å². The van der Waals surface area contributed by atoms with E-state index >= 15 is 0 Å². The van der Waals surface area contributed by atoms with Crippen LogP contribution in [0.2, 0.25) is 0 Å². The maximum absolute atomic E-state index is 11.8. The molecule has 6 heteroatoms. The molecule has 2 rings (SSSR count). The third kappa shape index (κ3) is 2.88. The van der Waals surface area contributed by atoms with Crippen molar-refractivity contribution >= 4 is 22.4 Å². The molecule has 0 fully saturated rings. The molecule has 0 bridgehead atoms. The highest BCUT2D eigenvalue weighted by Crippen LogP contribution is 2.29. The molecular formula is C12H19N3O2S. The third-order valence-electron chi connectivity index (χ3n) is 3.12. The largest absolute Gasteiger partial charge is 0.388 e. The van der Waals surface area contributed by atoms with E-state index in [1.807, 2.05) is 0 Å². The fraction of sp³-hybridized carbons (Fsp3) is 0.667. The Morgan fingerprint density at radius 3 is 2.78 bits per heavy atom. The molecule has 0 spiro atoms. The molecule has 1 aromatic rings. The molecule has 1 aliphatic carbocycles. The van der Waals surface area contributed by atoms with E-state index in [2.05, 4.69) is 10.3 Å². The van der Waals surface area contributed by atoms with E-state index in [0.29, 0.717) is 5.13 Å². The number of carbonyl (C=O) groups excluding carboxylic acids is 1. The number of nitrogens with one attached hydrogen (secondary N) is 1. The zero-order chi connectivity index (χ0) is 13.3. The summed E-state index contributed by atoms with van der Waals surface area (Å²) < 4.78 is 0. The molecule has 1 atom stereocenters. The molecule has 0 saturated heterocycles. The first-order chi connectivity index (χ1) is 8.38. The Labute approximate surface area is 110 Å². The van der Waals surface area contributed by atoms with Gasteiger partial charge in [-0.15, -0.1) is 11.3 Å². The molecule has 0 aromatic carbocycles. The molecule has 5 nitrogen and oxygen atoms in total. The van der Waals surface area contributed by atoms with Crippen molar-refractivity contribution in [3.05, 3.63) is 10.6 Å². The van der Waals surface area contributed by atoms with Crippen molar-refractivity contribution in [2.45, 2.75) is 51.2 Å². The second kappa shape index (κ2) is 4.95. The maximum Gasteiger partial charge on any atom is 0.246 e. The first-order valence-corrected chi connectivity index (χ1v) is 6.97. The van der Waals surface area contributed by atoms with E-state index in [4.69, 9.17) is 5.73 Å². The Morgan fingerprint density at radius 2 is 2.17 bits per heavy atom. The summed E-state index contributed by atoms with van der Waals surface area (Å²) in [5.41, 5.74) is 5.54. The minimum absolute atomic E-state index is 0.395. The number of fused-ring (bicyclic) bond motifs is 1. The lowest BCUT2D eigenvalue weighted by Gasteiger charge is -2.23. The van der Waals surface area contributed by atoms with Crippen molar-refractivity contribution in [2.75, 3.05) is 5.32 Å². The molecule has 4 N–H and O–H groups in total. The Morgan fingerprint density at radius 1 is 1.50 bits per heavy atom. The van der Waals surface area contributed by atoms with Crippen LogP contribution in [0, 0.1) is 0 Å². The molecule has 1 aliphatic rings. The van der Waals surface area contributed by atoms with Gasteiger partial charge in [-0.25, -0.2) is 4.98 Å². The van der Waals surface area contributed by atoms with Gasteiger partial charge in [0.25, 0.3) is 0 Å². The van der Waals surface area contributed by atoms with Gasteiger partial charge in [-0.05, 0) is 39.5 Å². The smallest absolute Gasteiger partial charge is 0.246 e. The van der Waals surface area contributed by atoms with Crippen LogP contribution < -0.4 is 11.1 Å². The number of aliphatic hydroxyl groups is 1. The number of nitrogens with two attached hydrogens (primary N) is 1. The second-order valence-electron chi connectivity index (χ2n) is 5.22. The lowest BCUT2D eigenvalue weighted by molar-refractivity contribution is -0.122. The van der Waals surface area contributed by atoms with Gasteiger partial charge >= 0.3 is 0 Å². The number of nitrogens with zero attached hydrogens (tertiary/aromatic N) is 1. The number of rotatable bonds is 3.